The summed E-state index contributed by atoms with van der Waals surface area (Å²) in [6.07, 6.45) is 0.957. The van der Waals surface area contributed by atoms with E-state index in [0.717, 1.165) is 16.3 Å². The lowest BCUT2D eigenvalue weighted by Gasteiger charge is -2.07. The van der Waals surface area contributed by atoms with E-state index in [1.54, 1.807) is 0 Å². The van der Waals surface area contributed by atoms with Crippen LogP contribution in [0.4, 0.5) is 0 Å². The van der Waals surface area contributed by atoms with Crippen LogP contribution in [-0.4, -0.2) is 33.7 Å². The Kier molecular flexibility index (Phi) is 2.93. The highest BCUT2D eigenvalue weighted by Gasteiger charge is 2.20. The van der Waals surface area contributed by atoms with Crippen LogP contribution < -0.4 is 0 Å². The predicted octanol–water partition coefficient (Wildman–Crippen LogP) is 0.781. The maximum atomic E-state index is 11.1. The number of ether oxygens (including phenoxy) is 1. The zero-order valence-corrected chi connectivity index (χ0v) is 9.82. The summed E-state index contributed by atoms with van der Waals surface area (Å²) in [6, 6.07) is 0. The minimum atomic E-state index is -1.14. The quantitative estimate of drug-likeness (QED) is 0.805. The van der Waals surface area contributed by atoms with E-state index in [2.05, 4.69) is 9.72 Å². The van der Waals surface area contributed by atoms with Gasteiger partial charge in [0.05, 0.1) is 12.8 Å². The lowest BCUT2D eigenvalue weighted by molar-refractivity contribution is -0.150. The number of aliphatic hydroxyl groups is 1. The van der Waals surface area contributed by atoms with Crippen molar-refractivity contribution in [3.8, 4) is 0 Å². The molecule has 0 amide bonds. The molecule has 2 rings (SSSR count). The molecule has 86 valence electrons. The van der Waals surface area contributed by atoms with E-state index in [-0.39, 0.29) is 6.42 Å². The second-order valence-corrected chi connectivity index (χ2v) is 4.32. The first-order valence-corrected chi connectivity index (χ1v) is 5.68. The smallest absolute Gasteiger partial charge is 0.335 e. The lowest BCUT2D eigenvalue weighted by Crippen LogP contribution is -2.25. The van der Waals surface area contributed by atoms with Gasteiger partial charge in [0.15, 0.2) is 11.1 Å². The summed E-state index contributed by atoms with van der Waals surface area (Å²) in [5.41, 5.74) is 1.67. The highest BCUT2D eigenvalue weighted by atomic mass is 32.1. The molecule has 1 atom stereocenters. The molecule has 0 aliphatic heterocycles. The van der Waals surface area contributed by atoms with Crippen molar-refractivity contribution in [2.45, 2.75) is 19.4 Å². The largest absolute Gasteiger partial charge is 0.467 e. The molecule has 1 N–H and O–H groups in total. The fourth-order valence-electron chi connectivity index (χ4n) is 1.59. The molecule has 5 nitrogen and oxygen atoms in total. The van der Waals surface area contributed by atoms with Gasteiger partial charge in [0.1, 0.15) is 0 Å². The van der Waals surface area contributed by atoms with Crippen molar-refractivity contribution in [2.24, 2.45) is 0 Å². The first-order chi connectivity index (χ1) is 7.63. The number of aryl methyl sites for hydroxylation is 1. The average Bonchev–Trinajstić information content (AvgIpc) is 2.81. The van der Waals surface area contributed by atoms with Crippen molar-refractivity contribution in [3.05, 3.63) is 23.0 Å². The van der Waals surface area contributed by atoms with Gasteiger partial charge in [-0.2, -0.15) is 0 Å². The first-order valence-electron chi connectivity index (χ1n) is 4.80. The molecule has 0 aliphatic rings. The van der Waals surface area contributed by atoms with Crippen LogP contribution in [0.2, 0.25) is 0 Å². The van der Waals surface area contributed by atoms with Gasteiger partial charge in [0, 0.05) is 23.7 Å². The Hall–Kier alpha value is -1.40. The van der Waals surface area contributed by atoms with Gasteiger partial charge in [-0.15, -0.1) is 11.3 Å². The van der Waals surface area contributed by atoms with E-state index in [1.165, 1.54) is 18.4 Å². The van der Waals surface area contributed by atoms with Crippen molar-refractivity contribution in [1.82, 2.24) is 9.38 Å². The van der Waals surface area contributed by atoms with Crippen molar-refractivity contribution in [3.63, 3.8) is 0 Å². The predicted molar refractivity (Wildman–Crippen MR) is 59.5 cm³/mol. The van der Waals surface area contributed by atoms with Crippen molar-refractivity contribution in [1.29, 1.82) is 0 Å². The van der Waals surface area contributed by atoms with E-state index < -0.39 is 12.1 Å². The number of hydrogen-bond acceptors (Lipinski definition) is 5. The molecule has 0 saturated heterocycles. The van der Waals surface area contributed by atoms with Gasteiger partial charge < -0.3 is 9.84 Å². The Morgan fingerprint density at radius 1 is 1.75 bits per heavy atom. The van der Waals surface area contributed by atoms with Crippen LogP contribution in [0.3, 0.4) is 0 Å². The summed E-state index contributed by atoms with van der Waals surface area (Å²) in [4.78, 5) is 16.3. The fraction of sp³-hybridized carbons (Fsp3) is 0.400. The SMILES string of the molecule is COC(=O)C(O)Cc1c(C)nc2sccn12. The van der Waals surface area contributed by atoms with Gasteiger partial charge in [-0.3, -0.25) is 4.40 Å². The van der Waals surface area contributed by atoms with Crippen LogP contribution in [0.25, 0.3) is 4.96 Å². The molecule has 0 fully saturated rings. The van der Waals surface area contributed by atoms with E-state index in [9.17, 15) is 9.90 Å². The van der Waals surface area contributed by atoms with E-state index >= 15 is 0 Å². The number of imidazole rings is 1. The fourth-order valence-corrected chi connectivity index (χ4v) is 2.37. The summed E-state index contributed by atoms with van der Waals surface area (Å²) in [7, 11) is 1.26. The standard InChI is InChI=1S/C10H12N2O3S/c1-6-7(5-8(13)9(14)15-2)12-3-4-16-10(12)11-6/h3-4,8,13H,5H2,1-2H3. The van der Waals surface area contributed by atoms with Gasteiger partial charge in [-0.1, -0.05) is 0 Å². The molecule has 2 aromatic heterocycles. The molecular formula is C10H12N2O3S. The molecule has 1 unspecified atom stereocenters. The summed E-state index contributed by atoms with van der Waals surface area (Å²) in [5.74, 6) is -0.621. The van der Waals surface area contributed by atoms with Crippen molar-refractivity contribution >= 4 is 22.3 Å². The highest BCUT2D eigenvalue weighted by Crippen LogP contribution is 2.18. The molecule has 6 heteroatoms. The topological polar surface area (TPSA) is 63.8 Å². The maximum absolute atomic E-state index is 11.1. The van der Waals surface area contributed by atoms with Crippen LogP contribution in [0.15, 0.2) is 11.6 Å². The van der Waals surface area contributed by atoms with Crippen molar-refractivity contribution < 1.29 is 14.6 Å². The third-order valence-electron chi connectivity index (χ3n) is 2.42. The number of rotatable bonds is 3. The van der Waals surface area contributed by atoms with Crippen LogP contribution in [-0.2, 0) is 16.0 Å². The van der Waals surface area contributed by atoms with E-state index in [0.29, 0.717) is 0 Å². The number of fused-ring (bicyclic) bond motifs is 1. The summed E-state index contributed by atoms with van der Waals surface area (Å²) in [6.45, 7) is 1.86. The molecule has 2 heterocycles. The minimum Gasteiger partial charge on any atom is -0.467 e. The molecule has 0 bridgehead atoms. The maximum Gasteiger partial charge on any atom is 0.335 e. The molecule has 0 saturated carbocycles. The monoisotopic (exact) mass is 240 g/mol. The Labute approximate surface area is 96.3 Å². The molecule has 16 heavy (non-hydrogen) atoms. The Morgan fingerprint density at radius 3 is 3.19 bits per heavy atom. The number of esters is 1. The Bertz CT molecular complexity index is 517. The molecule has 0 aromatic carbocycles. The summed E-state index contributed by atoms with van der Waals surface area (Å²) in [5, 5.41) is 11.5. The van der Waals surface area contributed by atoms with Gasteiger partial charge in [-0.25, -0.2) is 9.78 Å². The minimum absolute atomic E-state index is 0.219. The number of hydrogen-bond donors (Lipinski definition) is 1. The van der Waals surface area contributed by atoms with Crippen LogP contribution >= 0.6 is 11.3 Å². The van der Waals surface area contributed by atoms with Crippen molar-refractivity contribution in [2.75, 3.05) is 7.11 Å². The first kappa shape index (κ1) is 11.1. The van der Waals surface area contributed by atoms with Crippen LogP contribution in [0, 0.1) is 6.92 Å². The molecule has 2 aromatic rings. The Balaban J connectivity index is 2.29. The number of thiazole rings is 1. The lowest BCUT2D eigenvalue weighted by atomic mass is 10.1. The third kappa shape index (κ3) is 1.81. The number of aliphatic hydroxyl groups excluding tert-OH is 1. The molecule has 0 radical (unpaired) electrons. The highest BCUT2D eigenvalue weighted by molar-refractivity contribution is 7.15. The number of carbonyl (C=O) groups is 1. The normalized spacial score (nSPS) is 12.9. The van der Waals surface area contributed by atoms with Gasteiger partial charge >= 0.3 is 5.97 Å². The van der Waals surface area contributed by atoms with Crippen LogP contribution in [0.5, 0.6) is 0 Å². The zero-order chi connectivity index (χ0) is 11.7. The second kappa shape index (κ2) is 4.23. The number of methoxy groups -OCH3 is 1. The summed E-state index contributed by atoms with van der Waals surface area (Å²) < 4.78 is 6.36. The second-order valence-electron chi connectivity index (χ2n) is 3.44. The molecule has 0 aliphatic carbocycles. The van der Waals surface area contributed by atoms with E-state index in [1.807, 2.05) is 22.9 Å². The molecule has 0 spiro atoms. The van der Waals surface area contributed by atoms with Crippen LogP contribution in [0.1, 0.15) is 11.4 Å². The van der Waals surface area contributed by atoms with Gasteiger partial charge in [0.25, 0.3) is 0 Å². The number of aromatic nitrogens is 2. The number of nitrogens with zero attached hydrogens (tertiary/aromatic N) is 2. The van der Waals surface area contributed by atoms with Gasteiger partial charge in [0.2, 0.25) is 0 Å². The third-order valence-corrected chi connectivity index (χ3v) is 3.18. The number of carbonyl (C=O) groups excluding carboxylic acids is 1. The van der Waals surface area contributed by atoms with E-state index in [4.69, 9.17) is 0 Å². The zero-order valence-electron chi connectivity index (χ0n) is 9.01. The molecular weight excluding hydrogens is 228 g/mol. The summed E-state index contributed by atoms with van der Waals surface area (Å²) >= 11 is 1.52. The Morgan fingerprint density at radius 2 is 2.50 bits per heavy atom. The van der Waals surface area contributed by atoms with Gasteiger partial charge in [-0.05, 0) is 6.92 Å². The average molecular weight is 240 g/mol.